The van der Waals surface area contributed by atoms with Gasteiger partial charge in [0, 0.05) is 25.7 Å². The summed E-state index contributed by atoms with van der Waals surface area (Å²) in [6.45, 7) is 11.1. The number of thiophene rings is 1. The van der Waals surface area contributed by atoms with Crippen LogP contribution in [-0.2, 0) is 4.74 Å². The number of hydrogen-bond acceptors (Lipinski definition) is 4. The van der Waals surface area contributed by atoms with Crippen LogP contribution in [0.4, 0.5) is 4.79 Å². The van der Waals surface area contributed by atoms with Crippen molar-refractivity contribution in [2.75, 3.05) is 19.6 Å². The second kappa shape index (κ2) is 6.28. The minimum Gasteiger partial charge on any atom is -0.444 e. The molecule has 0 aromatic carbocycles. The summed E-state index contributed by atoms with van der Waals surface area (Å²) in [6, 6.07) is 1.91. The third kappa shape index (κ3) is 3.80. The molecule has 122 valence electrons. The summed E-state index contributed by atoms with van der Waals surface area (Å²) >= 11 is 1.47. The van der Waals surface area contributed by atoms with Gasteiger partial charge in [-0.1, -0.05) is 0 Å². The lowest BCUT2D eigenvalue weighted by Crippen LogP contribution is -2.56. The molecule has 1 fully saturated rings. The smallest absolute Gasteiger partial charge is 0.410 e. The molecule has 1 saturated heterocycles. The number of aryl methyl sites for hydroxylation is 1. The van der Waals surface area contributed by atoms with Crippen molar-refractivity contribution in [3.05, 3.63) is 21.9 Å². The van der Waals surface area contributed by atoms with Gasteiger partial charge in [0.15, 0.2) is 0 Å². The van der Waals surface area contributed by atoms with Gasteiger partial charge in [-0.25, -0.2) is 4.79 Å². The van der Waals surface area contributed by atoms with E-state index in [2.05, 4.69) is 0 Å². The monoisotopic (exact) mass is 324 g/mol. The Kier molecular flexibility index (Phi) is 4.80. The molecule has 0 N–H and O–H groups in total. The van der Waals surface area contributed by atoms with E-state index in [4.69, 9.17) is 4.74 Å². The first-order valence-corrected chi connectivity index (χ1v) is 8.40. The maximum Gasteiger partial charge on any atom is 0.410 e. The van der Waals surface area contributed by atoms with Crippen molar-refractivity contribution < 1.29 is 14.3 Å². The molecule has 6 heteroatoms. The lowest BCUT2D eigenvalue weighted by atomic mass is 10.1. The maximum absolute atomic E-state index is 12.5. The Hall–Kier alpha value is -1.56. The lowest BCUT2D eigenvalue weighted by Gasteiger charge is -2.40. The van der Waals surface area contributed by atoms with Gasteiger partial charge in [0.25, 0.3) is 5.91 Å². The molecule has 0 bridgehead atoms. The number of nitrogens with zero attached hydrogens (tertiary/aromatic N) is 2. The highest BCUT2D eigenvalue weighted by molar-refractivity contribution is 7.12. The van der Waals surface area contributed by atoms with Crippen LogP contribution >= 0.6 is 11.3 Å². The summed E-state index contributed by atoms with van der Waals surface area (Å²) in [5, 5.41) is 1.93. The molecule has 1 unspecified atom stereocenters. The van der Waals surface area contributed by atoms with Gasteiger partial charge in [0.05, 0.1) is 4.88 Å². The first-order chi connectivity index (χ1) is 10.2. The Balaban J connectivity index is 2.00. The number of carbonyl (C=O) groups excluding carboxylic acids is 2. The van der Waals surface area contributed by atoms with E-state index in [0.717, 1.165) is 10.4 Å². The second-order valence-corrected chi connectivity index (χ2v) is 7.62. The largest absolute Gasteiger partial charge is 0.444 e. The maximum atomic E-state index is 12.5. The first-order valence-electron chi connectivity index (χ1n) is 7.52. The molecule has 1 aliphatic heterocycles. The fourth-order valence-electron chi connectivity index (χ4n) is 2.47. The van der Waals surface area contributed by atoms with Crippen molar-refractivity contribution in [3.8, 4) is 0 Å². The zero-order valence-electron chi connectivity index (χ0n) is 13.9. The third-order valence-corrected chi connectivity index (χ3v) is 4.60. The summed E-state index contributed by atoms with van der Waals surface area (Å²) in [6.07, 6.45) is -0.306. The van der Waals surface area contributed by atoms with E-state index in [9.17, 15) is 9.59 Å². The van der Waals surface area contributed by atoms with Crippen LogP contribution in [-0.4, -0.2) is 53.1 Å². The van der Waals surface area contributed by atoms with Crippen molar-refractivity contribution in [1.82, 2.24) is 9.80 Å². The number of amides is 2. The summed E-state index contributed by atoms with van der Waals surface area (Å²) in [7, 11) is 0. The highest BCUT2D eigenvalue weighted by atomic mass is 32.1. The molecule has 22 heavy (non-hydrogen) atoms. The quantitative estimate of drug-likeness (QED) is 0.797. The molecule has 1 aromatic heterocycles. The topological polar surface area (TPSA) is 49.9 Å². The predicted molar refractivity (Wildman–Crippen MR) is 87.4 cm³/mol. The van der Waals surface area contributed by atoms with Crippen LogP contribution < -0.4 is 0 Å². The van der Waals surface area contributed by atoms with Crippen molar-refractivity contribution >= 4 is 23.3 Å². The molecule has 1 atom stereocenters. The molecule has 2 amide bonds. The summed E-state index contributed by atoms with van der Waals surface area (Å²) in [5.41, 5.74) is 0.509. The molecule has 0 aliphatic carbocycles. The number of hydrogen-bond donors (Lipinski definition) is 0. The molecule has 2 rings (SSSR count). The molecule has 1 aliphatic rings. The van der Waals surface area contributed by atoms with Crippen LogP contribution in [0.3, 0.4) is 0 Å². The molecule has 2 heterocycles. The molecular weight excluding hydrogens is 300 g/mol. The van der Waals surface area contributed by atoms with Crippen LogP contribution in [0.5, 0.6) is 0 Å². The first kappa shape index (κ1) is 16.8. The van der Waals surface area contributed by atoms with Crippen LogP contribution in [0, 0.1) is 6.92 Å². The van der Waals surface area contributed by atoms with E-state index in [1.165, 1.54) is 11.3 Å². The molecule has 0 spiro atoms. The fraction of sp³-hybridized carbons (Fsp3) is 0.625. The van der Waals surface area contributed by atoms with Crippen LogP contribution in [0.15, 0.2) is 11.4 Å². The van der Waals surface area contributed by atoms with Crippen LogP contribution in [0.1, 0.15) is 42.9 Å². The van der Waals surface area contributed by atoms with E-state index in [1.54, 1.807) is 4.90 Å². The highest BCUT2D eigenvalue weighted by Gasteiger charge is 2.33. The number of carbonyl (C=O) groups is 2. The van der Waals surface area contributed by atoms with Gasteiger partial charge in [-0.2, -0.15) is 0 Å². The SMILES string of the molecule is Cc1ccsc1C(=O)N1CCN(C(=O)OC(C)(C)C)C(C)C1. The summed E-state index contributed by atoms with van der Waals surface area (Å²) in [4.78, 5) is 29.0. The third-order valence-electron chi connectivity index (χ3n) is 3.60. The van der Waals surface area contributed by atoms with Gasteiger partial charge < -0.3 is 14.5 Å². The van der Waals surface area contributed by atoms with E-state index in [1.807, 2.05) is 51.0 Å². The average Bonchev–Trinajstić information content (AvgIpc) is 2.81. The van der Waals surface area contributed by atoms with Gasteiger partial charge in [-0.05, 0) is 51.6 Å². The molecule has 1 aromatic rings. The van der Waals surface area contributed by atoms with Crippen LogP contribution in [0.2, 0.25) is 0 Å². The number of ether oxygens (including phenoxy) is 1. The second-order valence-electron chi connectivity index (χ2n) is 6.71. The van der Waals surface area contributed by atoms with Gasteiger partial charge >= 0.3 is 6.09 Å². The number of piperazine rings is 1. The minimum absolute atomic E-state index is 0.0483. The zero-order valence-corrected chi connectivity index (χ0v) is 14.7. The lowest BCUT2D eigenvalue weighted by molar-refractivity contribution is 0.00204. The zero-order chi connectivity index (χ0) is 16.5. The van der Waals surface area contributed by atoms with Crippen molar-refractivity contribution in [2.24, 2.45) is 0 Å². The molecular formula is C16H24N2O3S. The van der Waals surface area contributed by atoms with Crippen molar-refractivity contribution in [2.45, 2.75) is 46.3 Å². The van der Waals surface area contributed by atoms with E-state index in [0.29, 0.717) is 19.6 Å². The predicted octanol–water partition coefficient (Wildman–Crippen LogP) is 3.14. The highest BCUT2D eigenvalue weighted by Crippen LogP contribution is 2.21. The Bertz CT molecular complexity index is 562. The Morgan fingerprint density at radius 3 is 2.50 bits per heavy atom. The Morgan fingerprint density at radius 1 is 1.32 bits per heavy atom. The fourth-order valence-corrected chi connectivity index (χ4v) is 3.36. The van der Waals surface area contributed by atoms with Gasteiger partial charge in [-0.3, -0.25) is 4.79 Å². The Labute approximate surface area is 135 Å². The van der Waals surface area contributed by atoms with Crippen molar-refractivity contribution in [3.63, 3.8) is 0 Å². The number of rotatable bonds is 1. The van der Waals surface area contributed by atoms with Gasteiger partial charge in [0.2, 0.25) is 0 Å². The van der Waals surface area contributed by atoms with Gasteiger partial charge in [0.1, 0.15) is 5.60 Å². The summed E-state index contributed by atoms with van der Waals surface area (Å²) in [5.74, 6) is 0.0585. The standard InChI is InChI=1S/C16H24N2O3S/c1-11-6-9-22-13(11)14(19)17-7-8-18(12(2)10-17)15(20)21-16(3,4)5/h6,9,12H,7-8,10H2,1-5H3. The van der Waals surface area contributed by atoms with Gasteiger partial charge in [-0.15, -0.1) is 11.3 Å². The normalized spacial score (nSPS) is 19.2. The Morgan fingerprint density at radius 2 is 2.00 bits per heavy atom. The molecule has 0 saturated carbocycles. The average molecular weight is 324 g/mol. The van der Waals surface area contributed by atoms with Crippen molar-refractivity contribution in [1.29, 1.82) is 0 Å². The van der Waals surface area contributed by atoms with E-state index >= 15 is 0 Å². The molecule has 0 radical (unpaired) electrons. The molecule has 5 nitrogen and oxygen atoms in total. The van der Waals surface area contributed by atoms with E-state index < -0.39 is 5.60 Å². The van der Waals surface area contributed by atoms with Crippen LogP contribution in [0.25, 0.3) is 0 Å². The van der Waals surface area contributed by atoms with E-state index in [-0.39, 0.29) is 18.0 Å². The summed E-state index contributed by atoms with van der Waals surface area (Å²) < 4.78 is 5.42. The minimum atomic E-state index is -0.502.